The number of rotatable bonds is 1. The van der Waals surface area contributed by atoms with Crippen molar-refractivity contribution >= 4 is 12.1 Å². The minimum absolute atomic E-state index is 0.186. The van der Waals surface area contributed by atoms with Gasteiger partial charge >= 0.3 is 12.1 Å². The van der Waals surface area contributed by atoms with Gasteiger partial charge in [0.05, 0.1) is 7.11 Å². The van der Waals surface area contributed by atoms with Crippen LogP contribution >= 0.6 is 0 Å². The molecule has 0 bridgehead atoms. The number of piperazine rings is 1. The number of carbonyl (C=O) groups is 2. The van der Waals surface area contributed by atoms with E-state index in [-0.39, 0.29) is 12.1 Å². The summed E-state index contributed by atoms with van der Waals surface area (Å²) in [6, 6.07) is -0.186. The zero-order valence-electron chi connectivity index (χ0n) is 8.73. The summed E-state index contributed by atoms with van der Waals surface area (Å²) in [4.78, 5) is 25.7. The smallest absolute Gasteiger partial charge is 0.409 e. The summed E-state index contributed by atoms with van der Waals surface area (Å²) in [6.45, 7) is 5.42. The van der Waals surface area contributed by atoms with Gasteiger partial charge < -0.3 is 19.9 Å². The van der Waals surface area contributed by atoms with Gasteiger partial charge in [-0.05, 0) is 6.20 Å². The molecule has 0 spiro atoms. The molecule has 0 aromatic rings. The Labute approximate surface area is 88.5 Å². The Morgan fingerprint density at radius 3 is 2.27 bits per heavy atom. The molecule has 0 saturated carbocycles. The first-order valence-corrected chi connectivity index (χ1v) is 4.68. The lowest BCUT2D eigenvalue weighted by Crippen LogP contribution is -2.52. The maximum absolute atomic E-state index is 11.4. The van der Waals surface area contributed by atoms with Crippen molar-refractivity contribution in [1.82, 2.24) is 15.1 Å². The molecule has 3 amide bonds. The highest BCUT2D eigenvalue weighted by atomic mass is 16.5. The van der Waals surface area contributed by atoms with Crippen LogP contribution in [0.15, 0.2) is 12.8 Å². The Balaban J connectivity index is 2.38. The summed E-state index contributed by atoms with van der Waals surface area (Å²) in [6.07, 6.45) is 0.994. The van der Waals surface area contributed by atoms with Crippen molar-refractivity contribution < 1.29 is 14.3 Å². The Morgan fingerprint density at radius 1 is 1.27 bits per heavy atom. The summed E-state index contributed by atoms with van der Waals surface area (Å²) < 4.78 is 4.58. The van der Waals surface area contributed by atoms with E-state index in [9.17, 15) is 9.59 Å². The fraction of sp³-hybridized carbons (Fsp3) is 0.556. The molecular formula is C9H15N3O3. The summed E-state index contributed by atoms with van der Waals surface area (Å²) >= 11 is 0. The van der Waals surface area contributed by atoms with Crippen LogP contribution in [0.2, 0.25) is 0 Å². The summed E-state index contributed by atoms with van der Waals surface area (Å²) in [7, 11) is 1.35. The average molecular weight is 213 g/mol. The zero-order valence-corrected chi connectivity index (χ0v) is 8.73. The van der Waals surface area contributed by atoms with Gasteiger partial charge in [-0.1, -0.05) is 6.58 Å². The molecule has 84 valence electrons. The van der Waals surface area contributed by atoms with Crippen LogP contribution in [0.5, 0.6) is 0 Å². The van der Waals surface area contributed by atoms with Crippen molar-refractivity contribution in [1.29, 1.82) is 0 Å². The van der Waals surface area contributed by atoms with Crippen LogP contribution in [0.4, 0.5) is 9.59 Å². The van der Waals surface area contributed by atoms with Crippen LogP contribution in [0, 0.1) is 0 Å². The largest absolute Gasteiger partial charge is 0.453 e. The van der Waals surface area contributed by atoms with Crippen LogP contribution in [-0.4, -0.2) is 55.2 Å². The van der Waals surface area contributed by atoms with E-state index in [4.69, 9.17) is 0 Å². The second-order valence-corrected chi connectivity index (χ2v) is 3.10. The topological polar surface area (TPSA) is 61.9 Å². The Kier molecular flexibility index (Phi) is 3.96. The third-order valence-electron chi connectivity index (χ3n) is 2.23. The monoisotopic (exact) mass is 213 g/mol. The normalized spacial score (nSPS) is 15.8. The molecule has 0 radical (unpaired) electrons. The maximum atomic E-state index is 11.4. The fourth-order valence-corrected chi connectivity index (χ4v) is 1.40. The van der Waals surface area contributed by atoms with E-state index >= 15 is 0 Å². The molecule has 1 fully saturated rings. The van der Waals surface area contributed by atoms with Crippen LogP contribution in [-0.2, 0) is 4.74 Å². The number of hydrogen-bond donors (Lipinski definition) is 1. The molecule has 0 aliphatic carbocycles. The lowest BCUT2D eigenvalue weighted by atomic mass is 10.3. The number of urea groups is 1. The standard InChI is InChI=1S/C9H15N3O3/c1-3-10-8(13)11-4-6-12(7-5-11)9(14)15-2/h3H,1,4-7H2,2H3,(H,10,13). The van der Waals surface area contributed by atoms with Crippen molar-refractivity contribution in [3.05, 3.63) is 12.8 Å². The SMILES string of the molecule is C=CNC(=O)N1CCN(C(=O)OC)CC1. The zero-order chi connectivity index (χ0) is 11.3. The van der Waals surface area contributed by atoms with Crippen LogP contribution in [0.25, 0.3) is 0 Å². The van der Waals surface area contributed by atoms with Crippen molar-refractivity contribution in [3.63, 3.8) is 0 Å². The minimum Gasteiger partial charge on any atom is -0.453 e. The van der Waals surface area contributed by atoms with E-state index in [0.29, 0.717) is 26.2 Å². The van der Waals surface area contributed by atoms with E-state index in [1.54, 1.807) is 9.80 Å². The van der Waals surface area contributed by atoms with Crippen molar-refractivity contribution in [2.75, 3.05) is 33.3 Å². The van der Waals surface area contributed by atoms with E-state index in [0.717, 1.165) is 0 Å². The van der Waals surface area contributed by atoms with Gasteiger partial charge in [-0.3, -0.25) is 0 Å². The molecule has 1 saturated heterocycles. The molecular weight excluding hydrogens is 198 g/mol. The van der Waals surface area contributed by atoms with Crippen molar-refractivity contribution in [2.45, 2.75) is 0 Å². The Bertz CT molecular complexity index is 259. The van der Waals surface area contributed by atoms with Crippen molar-refractivity contribution in [2.24, 2.45) is 0 Å². The molecule has 1 aliphatic heterocycles. The number of nitrogens with zero attached hydrogens (tertiary/aromatic N) is 2. The predicted octanol–water partition coefficient (Wildman–Crippen LogP) is 0.224. The van der Waals surface area contributed by atoms with Gasteiger partial charge in [0.1, 0.15) is 0 Å². The fourth-order valence-electron chi connectivity index (χ4n) is 1.40. The third kappa shape index (κ3) is 2.87. The Hall–Kier alpha value is -1.72. The molecule has 0 atom stereocenters. The van der Waals surface area contributed by atoms with Gasteiger partial charge in [0.15, 0.2) is 0 Å². The second-order valence-electron chi connectivity index (χ2n) is 3.10. The molecule has 0 unspecified atom stereocenters. The molecule has 6 heteroatoms. The van der Waals surface area contributed by atoms with E-state index in [1.807, 2.05) is 0 Å². The molecule has 15 heavy (non-hydrogen) atoms. The predicted molar refractivity (Wildman–Crippen MR) is 54.3 cm³/mol. The van der Waals surface area contributed by atoms with Gasteiger partial charge in [-0.25, -0.2) is 9.59 Å². The van der Waals surface area contributed by atoms with Gasteiger partial charge in [0.25, 0.3) is 0 Å². The highest BCUT2D eigenvalue weighted by Gasteiger charge is 2.23. The third-order valence-corrected chi connectivity index (χ3v) is 2.23. The first-order valence-electron chi connectivity index (χ1n) is 4.68. The molecule has 1 aliphatic rings. The molecule has 1 rings (SSSR count). The summed E-state index contributed by atoms with van der Waals surface area (Å²) in [5.41, 5.74) is 0. The molecule has 1 N–H and O–H groups in total. The highest BCUT2D eigenvalue weighted by molar-refractivity contribution is 5.75. The lowest BCUT2D eigenvalue weighted by Gasteiger charge is -2.33. The molecule has 6 nitrogen and oxygen atoms in total. The molecule has 1 heterocycles. The van der Waals surface area contributed by atoms with Crippen LogP contribution in [0.3, 0.4) is 0 Å². The number of nitrogens with one attached hydrogen (secondary N) is 1. The van der Waals surface area contributed by atoms with Gasteiger partial charge in [0, 0.05) is 26.2 Å². The summed E-state index contributed by atoms with van der Waals surface area (Å²) in [5.74, 6) is 0. The van der Waals surface area contributed by atoms with Crippen LogP contribution in [0.1, 0.15) is 0 Å². The van der Waals surface area contributed by atoms with Gasteiger partial charge in [0.2, 0.25) is 0 Å². The quantitative estimate of drug-likeness (QED) is 0.678. The van der Waals surface area contributed by atoms with Gasteiger partial charge in [-0.2, -0.15) is 0 Å². The molecule has 0 aromatic heterocycles. The first-order chi connectivity index (χ1) is 7.19. The maximum Gasteiger partial charge on any atom is 0.409 e. The lowest BCUT2D eigenvalue weighted by molar-refractivity contribution is 0.0976. The van der Waals surface area contributed by atoms with E-state index < -0.39 is 0 Å². The second kappa shape index (κ2) is 5.23. The number of hydrogen-bond acceptors (Lipinski definition) is 3. The minimum atomic E-state index is -0.348. The van der Waals surface area contributed by atoms with E-state index in [2.05, 4.69) is 16.6 Å². The van der Waals surface area contributed by atoms with Crippen LogP contribution < -0.4 is 5.32 Å². The van der Waals surface area contributed by atoms with E-state index in [1.165, 1.54) is 13.3 Å². The molecule has 0 aromatic carbocycles. The number of carbonyl (C=O) groups excluding carboxylic acids is 2. The van der Waals surface area contributed by atoms with Gasteiger partial charge in [-0.15, -0.1) is 0 Å². The van der Waals surface area contributed by atoms with Crippen molar-refractivity contribution in [3.8, 4) is 0 Å². The summed E-state index contributed by atoms with van der Waals surface area (Å²) in [5, 5.41) is 2.49. The number of amides is 3. The first kappa shape index (κ1) is 11.4. The number of methoxy groups -OCH3 is 1. The number of ether oxygens (including phenoxy) is 1. The average Bonchev–Trinajstić information content (AvgIpc) is 2.28. The highest BCUT2D eigenvalue weighted by Crippen LogP contribution is 2.03. The Morgan fingerprint density at radius 2 is 1.80 bits per heavy atom.